The van der Waals surface area contributed by atoms with Crippen LogP contribution in [-0.4, -0.2) is 40.3 Å². The van der Waals surface area contributed by atoms with Gasteiger partial charge in [0.1, 0.15) is 5.60 Å². The molecule has 0 saturated carbocycles. The van der Waals surface area contributed by atoms with Gasteiger partial charge >= 0.3 is 12.1 Å². The van der Waals surface area contributed by atoms with E-state index in [4.69, 9.17) is 9.84 Å². The van der Waals surface area contributed by atoms with E-state index in [0.29, 0.717) is 13.0 Å². The lowest BCUT2D eigenvalue weighted by Crippen LogP contribution is -2.45. The smallest absolute Gasteiger partial charge is 0.410 e. The second-order valence-corrected chi connectivity index (χ2v) is 5.09. The lowest BCUT2D eigenvalue weighted by atomic mass is 10.1. The highest BCUT2D eigenvalue weighted by Gasteiger charge is 2.29. The Hall–Kier alpha value is -1.52. The van der Waals surface area contributed by atoms with Crippen molar-refractivity contribution >= 4 is 12.1 Å². The molecule has 0 unspecified atom stereocenters. The highest BCUT2D eigenvalue weighted by molar-refractivity contribution is 5.72. The standard InChI is InChI=1S/C12H19NO4/c1-12(2,3)17-11(16)13-7-5-4-6-9(13)8-10(14)15/h4-5,9H,6-8H2,1-3H3,(H,14,15)/t9-/m0/s1. The van der Waals surface area contributed by atoms with Gasteiger partial charge in [-0.2, -0.15) is 0 Å². The van der Waals surface area contributed by atoms with Gasteiger partial charge in [0.15, 0.2) is 0 Å². The fraction of sp³-hybridized carbons (Fsp3) is 0.667. The zero-order chi connectivity index (χ0) is 13.1. The fourth-order valence-corrected chi connectivity index (χ4v) is 1.66. The summed E-state index contributed by atoms with van der Waals surface area (Å²) in [6, 6.07) is -0.313. The minimum atomic E-state index is -0.904. The fourth-order valence-electron chi connectivity index (χ4n) is 1.66. The van der Waals surface area contributed by atoms with Crippen LogP contribution in [0, 0.1) is 0 Å². The normalized spacial score (nSPS) is 20.2. The van der Waals surface area contributed by atoms with Crippen LogP contribution in [0.15, 0.2) is 12.2 Å². The molecule has 0 fully saturated rings. The molecule has 0 aliphatic carbocycles. The first-order valence-electron chi connectivity index (χ1n) is 5.66. The number of hydrogen-bond acceptors (Lipinski definition) is 3. The van der Waals surface area contributed by atoms with E-state index in [0.717, 1.165) is 0 Å². The van der Waals surface area contributed by atoms with E-state index in [1.54, 1.807) is 20.8 Å². The molecular weight excluding hydrogens is 222 g/mol. The number of ether oxygens (including phenoxy) is 1. The third kappa shape index (κ3) is 4.46. The van der Waals surface area contributed by atoms with Crippen molar-refractivity contribution < 1.29 is 19.4 Å². The molecule has 0 aromatic rings. The number of rotatable bonds is 2. The summed E-state index contributed by atoms with van der Waals surface area (Å²) in [6.07, 6.45) is 3.80. The summed E-state index contributed by atoms with van der Waals surface area (Å²) in [5, 5.41) is 8.79. The van der Waals surface area contributed by atoms with Crippen LogP contribution < -0.4 is 0 Å². The minimum Gasteiger partial charge on any atom is -0.481 e. The Kier molecular flexibility index (Phi) is 4.15. The first kappa shape index (κ1) is 13.5. The van der Waals surface area contributed by atoms with Crippen LogP contribution >= 0.6 is 0 Å². The highest BCUT2D eigenvalue weighted by Crippen LogP contribution is 2.18. The molecule has 5 nitrogen and oxygen atoms in total. The molecular formula is C12H19NO4. The van der Waals surface area contributed by atoms with Crippen LogP contribution in [0.3, 0.4) is 0 Å². The Bertz CT molecular complexity index is 330. The molecule has 5 heteroatoms. The average molecular weight is 241 g/mol. The van der Waals surface area contributed by atoms with Crippen LogP contribution in [0.1, 0.15) is 33.6 Å². The second kappa shape index (κ2) is 5.21. The summed E-state index contributed by atoms with van der Waals surface area (Å²) in [5.74, 6) is -0.904. The van der Waals surface area contributed by atoms with E-state index >= 15 is 0 Å². The van der Waals surface area contributed by atoms with Gasteiger partial charge < -0.3 is 14.7 Å². The molecule has 1 atom stereocenters. The summed E-state index contributed by atoms with van der Waals surface area (Å²) < 4.78 is 5.25. The summed E-state index contributed by atoms with van der Waals surface area (Å²) in [7, 11) is 0. The third-order valence-corrected chi connectivity index (χ3v) is 2.36. The van der Waals surface area contributed by atoms with Crippen LogP contribution in [0.4, 0.5) is 4.79 Å². The van der Waals surface area contributed by atoms with Crippen molar-refractivity contribution in [3.05, 3.63) is 12.2 Å². The summed E-state index contributed by atoms with van der Waals surface area (Å²) >= 11 is 0. The van der Waals surface area contributed by atoms with Crippen molar-refractivity contribution in [3.8, 4) is 0 Å². The van der Waals surface area contributed by atoms with Crippen molar-refractivity contribution in [1.82, 2.24) is 4.90 Å². The van der Waals surface area contributed by atoms with E-state index in [2.05, 4.69) is 0 Å². The zero-order valence-corrected chi connectivity index (χ0v) is 10.5. The number of aliphatic carboxylic acids is 1. The monoisotopic (exact) mass is 241 g/mol. The molecule has 0 aromatic heterocycles. The van der Waals surface area contributed by atoms with Gasteiger partial charge in [0.2, 0.25) is 0 Å². The predicted octanol–water partition coefficient (Wildman–Crippen LogP) is 2.03. The lowest BCUT2D eigenvalue weighted by Gasteiger charge is -2.33. The van der Waals surface area contributed by atoms with Gasteiger partial charge in [-0.1, -0.05) is 12.2 Å². The van der Waals surface area contributed by atoms with Crippen molar-refractivity contribution in [2.45, 2.75) is 45.3 Å². The maximum Gasteiger partial charge on any atom is 0.410 e. The van der Waals surface area contributed by atoms with Gasteiger partial charge in [-0.3, -0.25) is 4.79 Å². The number of carbonyl (C=O) groups is 2. The van der Waals surface area contributed by atoms with Crippen molar-refractivity contribution in [1.29, 1.82) is 0 Å². The number of amides is 1. The molecule has 1 heterocycles. The minimum absolute atomic E-state index is 0.0520. The largest absolute Gasteiger partial charge is 0.481 e. The van der Waals surface area contributed by atoms with Gasteiger partial charge in [-0.25, -0.2) is 4.79 Å². The second-order valence-electron chi connectivity index (χ2n) is 5.09. The van der Waals surface area contributed by atoms with Crippen LogP contribution in [0.25, 0.3) is 0 Å². The highest BCUT2D eigenvalue weighted by atomic mass is 16.6. The Morgan fingerprint density at radius 1 is 1.41 bits per heavy atom. The Morgan fingerprint density at radius 3 is 2.59 bits per heavy atom. The predicted molar refractivity (Wildman–Crippen MR) is 62.7 cm³/mol. The molecule has 0 spiro atoms. The summed E-state index contributed by atoms with van der Waals surface area (Å²) in [4.78, 5) is 24.1. The quantitative estimate of drug-likeness (QED) is 0.751. The molecule has 0 radical (unpaired) electrons. The Morgan fingerprint density at radius 2 is 2.06 bits per heavy atom. The molecule has 1 N–H and O–H groups in total. The maximum atomic E-state index is 11.9. The average Bonchev–Trinajstić information content (AvgIpc) is 2.14. The first-order chi connectivity index (χ1) is 7.79. The van der Waals surface area contributed by atoms with E-state index in [1.807, 2.05) is 12.2 Å². The van der Waals surface area contributed by atoms with Crippen LogP contribution in [0.5, 0.6) is 0 Å². The van der Waals surface area contributed by atoms with Gasteiger partial charge in [-0.05, 0) is 27.2 Å². The number of carbonyl (C=O) groups excluding carboxylic acids is 1. The molecule has 1 aliphatic rings. The van der Waals surface area contributed by atoms with Gasteiger partial charge in [-0.15, -0.1) is 0 Å². The molecule has 96 valence electrons. The molecule has 0 aromatic carbocycles. The molecule has 0 saturated heterocycles. The van der Waals surface area contributed by atoms with E-state index in [9.17, 15) is 9.59 Å². The van der Waals surface area contributed by atoms with Crippen molar-refractivity contribution in [3.63, 3.8) is 0 Å². The van der Waals surface area contributed by atoms with Crippen molar-refractivity contribution in [2.75, 3.05) is 6.54 Å². The molecule has 1 aliphatic heterocycles. The molecule has 1 rings (SSSR count). The lowest BCUT2D eigenvalue weighted by molar-refractivity contribution is -0.138. The first-order valence-corrected chi connectivity index (χ1v) is 5.66. The van der Waals surface area contributed by atoms with Crippen molar-refractivity contribution in [2.24, 2.45) is 0 Å². The number of carboxylic acid groups (broad SMARTS) is 1. The van der Waals surface area contributed by atoms with E-state index < -0.39 is 17.7 Å². The number of nitrogens with zero attached hydrogens (tertiary/aromatic N) is 1. The van der Waals surface area contributed by atoms with Gasteiger partial charge in [0, 0.05) is 12.6 Å². The van der Waals surface area contributed by atoms with Crippen LogP contribution in [-0.2, 0) is 9.53 Å². The molecule has 1 amide bonds. The van der Waals surface area contributed by atoms with Gasteiger partial charge in [0.25, 0.3) is 0 Å². The summed E-state index contributed by atoms with van der Waals surface area (Å²) in [5.41, 5.74) is -0.563. The summed E-state index contributed by atoms with van der Waals surface area (Å²) in [6.45, 7) is 5.78. The van der Waals surface area contributed by atoms with Crippen LogP contribution in [0.2, 0.25) is 0 Å². The molecule has 17 heavy (non-hydrogen) atoms. The Labute approximate surface area is 101 Å². The molecule has 0 bridgehead atoms. The van der Waals surface area contributed by atoms with E-state index in [-0.39, 0.29) is 12.5 Å². The topological polar surface area (TPSA) is 66.8 Å². The van der Waals surface area contributed by atoms with E-state index in [1.165, 1.54) is 4.90 Å². The number of hydrogen-bond donors (Lipinski definition) is 1. The SMILES string of the molecule is CC(C)(C)OC(=O)N1CC=CC[C@H]1CC(=O)O. The Balaban J connectivity index is 2.68. The van der Waals surface area contributed by atoms with Gasteiger partial charge in [0.05, 0.1) is 6.42 Å². The maximum absolute atomic E-state index is 11.9. The number of carboxylic acids is 1. The zero-order valence-electron chi connectivity index (χ0n) is 10.5. The third-order valence-electron chi connectivity index (χ3n) is 2.36.